The maximum absolute atomic E-state index is 12.1. The van der Waals surface area contributed by atoms with Crippen LogP contribution in [0.4, 0.5) is 0 Å². The van der Waals surface area contributed by atoms with E-state index < -0.39 is 0 Å². The molecule has 1 atom stereocenters. The summed E-state index contributed by atoms with van der Waals surface area (Å²) in [7, 11) is 0. The number of rotatable bonds is 5. The van der Waals surface area contributed by atoms with Crippen LogP contribution < -0.4 is 10.9 Å². The molecule has 2 heterocycles. The molecule has 22 heavy (non-hydrogen) atoms. The zero-order chi connectivity index (χ0) is 15.4. The topological polar surface area (TPSA) is 92.7 Å². The molecule has 116 valence electrons. The lowest BCUT2D eigenvalue weighted by Crippen LogP contribution is -2.32. The minimum atomic E-state index is -0.0847. The molecule has 7 nitrogen and oxygen atoms in total. The van der Waals surface area contributed by atoms with E-state index in [1.165, 1.54) is 12.4 Å². The predicted molar refractivity (Wildman–Crippen MR) is 80.1 cm³/mol. The van der Waals surface area contributed by atoms with Crippen molar-refractivity contribution < 1.29 is 4.79 Å². The Morgan fingerprint density at radius 3 is 3.18 bits per heavy atom. The fourth-order valence-electron chi connectivity index (χ4n) is 2.87. The minimum Gasteiger partial charge on any atom is -0.349 e. The van der Waals surface area contributed by atoms with E-state index in [1.54, 1.807) is 11.0 Å². The first kappa shape index (κ1) is 14.5. The molecular formula is C15H19N5O2. The number of aromatic amines is 1. The molecule has 1 aliphatic carbocycles. The van der Waals surface area contributed by atoms with E-state index in [9.17, 15) is 9.59 Å². The highest BCUT2D eigenvalue weighted by atomic mass is 16.1. The van der Waals surface area contributed by atoms with E-state index in [4.69, 9.17) is 0 Å². The lowest BCUT2D eigenvalue weighted by atomic mass is 9.91. The summed E-state index contributed by atoms with van der Waals surface area (Å²) < 4.78 is 1.72. The van der Waals surface area contributed by atoms with Gasteiger partial charge in [0.05, 0.1) is 6.04 Å². The van der Waals surface area contributed by atoms with E-state index in [0.717, 1.165) is 36.9 Å². The van der Waals surface area contributed by atoms with Gasteiger partial charge in [0, 0.05) is 24.7 Å². The molecule has 2 aromatic rings. The van der Waals surface area contributed by atoms with Crippen LogP contribution >= 0.6 is 0 Å². The van der Waals surface area contributed by atoms with Gasteiger partial charge in [-0.25, -0.2) is 4.98 Å². The molecule has 0 fully saturated rings. The number of carbonyl (C=O) groups is 1. The monoisotopic (exact) mass is 301 g/mol. The Hall–Kier alpha value is -2.44. The van der Waals surface area contributed by atoms with Gasteiger partial charge in [-0.05, 0) is 37.3 Å². The average molecular weight is 301 g/mol. The van der Waals surface area contributed by atoms with Gasteiger partial charge >= 0.3 is 0 Å². The molecule has 2 aromatic heterocycles. The van der Waals surface area contributed by atoms with Gasteiger partial charge in [0.15, 0.2) is 0 Å². The van der Waals surface area contributed by atoms with Gasteiger partial charge in [0.2, 0.25) is 11.5 Å². The quantitative estimate of drug-likeness (QED) is 0.859. The lowest BCUT2D eigenvalue weighted by molar-refractivity contribution is -0.122. The van der Waals surface area contributed by atoms with E-state index in [2.05, 4.69) is 20.4 Å². The molecule has 7 heteroatoms. The number of nitrogens with zero attached hydrogens (tertiary/aromatic N) is 3. The standard InChI is InChI=1S/C15H19N5O2/c21-14(5-2-8-20-10-16-9-17-20)18-12-3-1-4-13-11(12)6-7-15(22)19-13/h6-7,9-10,12H,1-5,8H2,(H,18,21)(H,19,22)/t12-/m0/s1. The van der Waals surface area contributed by atoms with Crippen molar-refractivity contribution in [3.63, 3.8) is 0 Å². The van der Waals surface area contributed by atoms with Gasteiger partial charge in [0.1, 0.15) is 12.7 Å². The van der Waals surface area contributed by atoms with Crippen LogP contribution in [0.3, 0.4) is 0 Å². The number of pyridine rings is 1. The first-order chi connectivity index (χ1) is 10.7. The lowest BCUT2D eigenvalue weighted by Gasteiger charge is -2.25. The number of aromatic nitrogens is 4. The van der Waals surface area contributed by atoms with Crippen molar-refractivity contribution in [3.8, 4) is 0 Å². The Morgan fingerprint density at radius 1 is 1.45 bits per heavy atom. The fraction of sp³-hybridized carbons (Fsp3) is 0.467. The summed E-state index contributed by atoms with van der Waals surface area (Å²) in [6, 6.07) is 3.35. The van der Waals surface area contributed by atoms with Crippen LogP contribution in [0.25, 0.3) is 0 Å². The van der Waals surface area contributed by atoms with Crippen molar-refractivity contribution in [2.45, 2.75) is 44.7 Å². The van der Waals surface area contributed by atoms with Crippen LogP contribution in [-0.2, 0) is 17.8 Å². The summed E-state index contributed by atoms with van der Waals surface area (Å²) in [6.45, 7) is 0.683. The summed E-state index contributed by atoms with van der Waals surface area (Å²) in [4.78, 5) is 30.2. The van der Waals surface area contributed by atoms with Crippen molar-refractivity contribution in [1.82, 2.24) is 25.1 Å². The van der Waals surface area contributed by atoms with Crippen molar-refractivity contribution in [3.05, 3.63) is 46.4 Å². The van der Waals surface area contributed by atoms with Gasteiger partial charge in [-0.2, -0.15) is 5.10 Å². The maximum Gasteiger partial charge on any atom is 0.248 e. The normalized spacial score (nSPS) is 17.0. The molecule has 0 aliphatic heterocycles. The van der Waals surface area contributed by atoms with Gasteiger partial charge in [-0.3, -0.25) is 14.3 Å². The largest absolute Gasteiger partial charge is 0.349 e. The van der Waals surface area contributed by atoms with E-state index >= 15 is 0 Å². The second-order valence-corrected chi connectivity index (χ2v) is 5.53. The second-order valence-electron chi connectivity index (χ2n) is 5.53. The van der Waals surface area contributed by atoms with Crippen LogP contribution in [0.15, 0.2) is 29.6 Å². The Kier molecular flexibility index (Phi) is 4.32. The van der Waals surface area contributed by atoms with E-state index in [1.807, 2.05) is 6.07 Å². The summed E-state index contributed by atoms with van der Waals surface area (Å²) in [5.41, 5.74) is 1.90. The molecule has 0 aromatic carbocycles. The zero-order valence-electron chi connectivity index (χ0n) is 12.3. The third kappa shape index (κ3) is 3.41. The van der Waals surface area contributed by atoms with Crippen molar-refractivity contribution in [2.24, 2.45) is 0 Å². The molecule has 1 aliphatic rings. The zero-order valence-corrected chi connectivity index (χ0v) is 12.3. The Labute approximate surface area is 127 Å². The molecule has 1 amide bonds. The molecule has 3 rings (SSSR count). The van der Waals surface area contributed by atoms with Crippen molar-refractivity contribution >= 4 is 5.91 Å². The number of fused-ring (bicyclic) bond motifs is 1. The van der Waals surface area contributed by atoms with Crippen LogP contribution in [0.5, 0.6) is 0 Å². The first-order valence-corrected chi connectivity index (χ1v) is 7.56. The SMILES string of the molecule is O=C(CCCn1cncn1)N[C@H]1CCCc2[nH]c(=O)ccc21. The summed E-state index contributed by atoms with van der Waals surface area (Å²) in [5, 5.41) is 7.08. The molecule has 0 saturated carbocycles. The van der Waals surface area contributed by atoms with Crippen LogP contribution in [-0.4, -0.2) is 25.7 Å². The fourth-order valence-corrected chi connectivity index (χ4v) is 2.87. The summed E-state index contributed by atoms with van der Waals surface area (Å²) >= 11 is 0. The van der Waals surface area contributed by atoms with Crippen molar-refractivity contribution in [1.29, 1.82) is 0 Å². The smallest absolute Gasteiger partial charge is 0.248 e. The maximum atomic E-state index is 12.1. The number of hydrogen-bond donors (Lipinski definition) is 2. The van der Waals surface area contributed by atoms with Gasteiger partial charge < -0.3 is 10.3 Å². The number of H-pyrrole nitrogens is 1. The van der Waals surface area contributed by atoms with E-state index in [-0.39, 0.29) is 17.5 Å². The Morgan fingerprint density at radius 2 is 2.36 bits per heavy atom. The van der Waals surface area contributed by atoms with Gasteiger partial charge in [-0.15, -0.1) is 0 Å². The molecule has 2 N–H and O–H groups in total. The summed E-state index contributed by atoms with van der Waals surface area (Å²) in [5.74, 6) is 0.0316. The van der Waals surface area contributed by atoms with Crippen LogP contribution in [0, 0.1) is 0 Å². The number of carbonyl (C=O) groups excluding carboxylic acids is 1. The predicted octanol–water partition coefficient (Wildman–Crippen LogP) is 0.940. The number of hydrogen-bond acceptors (Lipinski definition) is 4. The molecule has 0 bridgehead atoms. The highest BCUT2D eigenvalue weighted by Gasteiger charge is 2.22. The molecule has 0 spiro atoms. The Balaban J connectivity index is 1.55. The molecule has 0 saturated heterocycles. The average Bonchev–Trinajstić information content (AvgIpc) is 3.00. The van der Waals surface area contributed by atoms with Crippen LogP contribution in [0.1, 0.15) is 43.0 Å². The Bertz CT molecular complexity index is 692. The number of nitrogens with one attached hydrogen (secondary N) is 2. The van der Waals surface area contributed by atoms with Crippen LogP contribution in [0.2, 0.25) is 0 Å². The molecule has 0 radical (unpaired) electrons. The highest BCUT2D eigenvalue weighted by molar-refractivity contribution is 5.76. The molecule has 0 unspecified atom stereocenters. The molecular weight excluding hydrogens is 282 g/mol. The van der Waals surface area contributed by atoms with E-state index in [0.29, 0.717) is 13.0 Å². The second kappa shape index (κ2) is 6.55. The third-order valence-electron chi connectivity index (χ3n) is 3.92. The summed E-state index contributed by atoms with van der Waals surface area (Å²) in [6.07, 6.45) is 7.05. The van der Waals surface area contributed by atoms with Gasteiger partial charge in [0.25, 0.3) is 0 Å². The minimum absolute atomic E-state index is 0.000491. The highest BCUT2D eigenvalue weighted by Crippen LogP contribution is 2.27. The van der Waals surface area contributed by atoms with Gasteiger partial charge in [-0.1, -0.05) is 0 Å². The first-order valence-electron chi connectivity index (χ1n) is 7.56. The van der Waals surface area contributed by atoms with Crippen molar-refractivity contribution in [2.75, 3.05) is 0 Å². The number of amides is 1. The number of aryl methyl sites for hydroxylation is 2. The third-order valence-corrected chi connectivity index (χ3v) is 3.92.